The van der Waals surface area contributed by atoms with Crippen molar-refractivity contribution >= 4 is 44.5 Å². The molecule has 10 nitrogen and oxygen atoms in total. The minimum atomic E-state index is -0.632. The summed E-state index contributed by atoms with van der Waals surface area (Å²) in [5.41, 5.74) is 2.06. The van der Waals surface area contributed by atoms with E-state index in [4.69, 9.17) is 4.74 Å². The predicted octanol–water partition coefficient (Wildman–Crippen LogP) is 2.97. The summed E-state index contributed by atoms with van der Waals surface area (Å²) in [5.74, 6) is -0.708. The number of imidazole rings is 1. The Morgan fingerprint density at radius 1 is 1.26 bits per heavy atom. The van der Waals surface area contributed by atoms with E-state index in [2.05, 4.69) is 25.3 Å². The van der Waals surface area contributed by atoms with E-state index in [-0.39, 0.29) is 17.7 Å². The molecule has 1 aliphatic carbocycles. The van der Waals surface area contributed by atoms with Crippen molar-refractivity contribution in [3.63, 3.8) is 0 Å². The molecule has 3 aromatic heterocycles. The lowest BCUT2D eigenvalue weighted by molar-refractivity contribution is -0.121. The fourth-order valence-electron chi connectivity index (χ4n) is 4.82. The fourth-order valence-corrected chi connectivity index (χ4v) is 5.78. The van der Waals surface area contributed by atoms with Crippen molar-refractivity contribution in [3.8, 4) is 11.3 Å². The second-order valence-electron chi connectivity index (χ2n) is 8.73. The highest BCUT2D eigenvalue weighted by atomic mass is 32.1. The van der Waals surface area contributed by atoms with E-state index in [1.54, 1.807) is 41.6 Å². The normalized spacial score (nSPS) is 20.5. The number of ether oxygens (including phenoxy) is 1. The van der Waals surface area contributed by atoms with E-state index in [9.17, 15) is 14.4 Å². The van der Waals surface area contributed by atoms with Gasteiger partial charge in [0.2, 0.25) is 5.91 Å². The first kappa shape index (κ1) is 21.4. The first-order valence-corrected chi connectivity index (χ1v) is 11.8. The summed E-state index contributed by atoms with van der Waals surface area (Å²) < 4.78 is 5.50. The molecule has 2 aliphatic rings. The minimum absolute atomic E-state index is 0.0937. The number of aromatic amines is 1. The standard InChI is InChI=1S/C24H20N6O4S/c1-34-21(32)15-5-2-6-16-19(15)35-23(28-16)29-22(33)24-8-14(24)10-30(11-24)20(31)18-17(26-12-27-18)13-4-3-7-25-9-13/h2-7,9,12,14H,8,10-11H2,1H3,(H,26,27)(H,28,29,33)/t14-,24+/m1/s1. The molecule has 11 heteroatoms. The molecule has 4 aromatic rings. The summed E-state index contributed by atoms with van der Waals surface area (Å²) in [6.45, 7) is 0.830. The average Bonchev–Trinajstić information content (AvgIpc) is 3.28. The number of esters is 1. The molecule has 2 N–H and O–H groups in total. The number of piperidine rings is 1. The van der Waals surface area contributed by atoms with Crippen molar-refractivity contribution in [3.05, 3.63) is 60.3 Å². The largest absolute Gasteiger partial charge is 0.465 e. The van der Waals surface area contributed by atoms with Crippen LogP contribution in [0.2, 0.25) is 0 Å². The van der Waals surface area contributed by atoms with Gasteiger partial charge in [0.1, 0.15) is 11.4 Å². The number of benzene rings is 1. The third-order valence-electron chi connectivity index (χ3n) is 6.71. The molecule has 0 radical (unpaired) electrons. The number of aromatic nitrogens is 4. The smallest absolute Gasteiger partial charge is 0.339 e. The van der Waals surface area contributed by atoms with E-state index < -0.39 is 11.4 Å². The number of H-pyrrole nitrogens is 1. The maximum Gasteiger partial charge on any atom is 0.339 e. The summed E-state index contributed by atoms with van der Waals surface area (Å²) in [6, 6.07) is 8.82. The highest BCUT2D eigenvalue weighted by molar-refractivity contribution is 7.22. The van der Waals surface area contributed by atoms with Crippen LogP contribution in [0.5, 0.6) is 0 Å². The molecule has 1 aromatic carbocycles. The van der Waals surface area contributed by atoms with Gasteiger partial charge in [0.25, 0.3) is 5.91 Å². The minimum Gasteiger partial charge on any atom is -0.465 e. The third-order valence-corrected chi connectivity index (χ3v) is 7.73. The summed E-state index contributed by atoms with van der Waals surface area (Å²) >= 11 is 1.23. The molecule has 0 spiro atoms. The molecule has 1 saturated carbocycles. The molecule has 6 rings (SSSR count). The maximum absolute atomic E-state index is 13.3. The molecule has 1 aliphatic heterocycles. The van der Waals surface area contributed by atoms with Crippen LogP contribution in [0.3, 0.4) is 0 Å². The summed E-state index contributed by atoms with van der Waals surface area (Å²) in [6.07, 6.45) is 5.53. The number of methoxy groups -OCH3 is 1. The van der Waals surface area contributed by atoms with Crippen LogP contribution in [-0.4, -0.2) is 62.8 Å². The van der Waals surface area contributed by atoms with E-state index in [0.717, 1.165) is 12.0 Å². The van der Waals surface area contributed by atoms with E-state index in [1.165, 1.54) is 24.8 Å². The first-order valence-electron chi connectivity index (χ1n) is 11.0. The number of anilines is 1. The Balaban J connectivity index is 1.19. The topological polar surface area (TPSA) is 130 Å². The second kappa shape index (κ2) is 7.98. The molecule has 1 saturated heterocycles. The zero-order valence-corrected chi connectivity index (χ0v) is 19.5. The molecular weight excluding hydrogens is 468 g/mol. The Morgan fingerprint density at radius 3 is 2.94 bits per heavy atom. The van der Waals surface area contributed by atoms with Crippen LogP contribution in [0.1, 0.15) is 27.3 Å². The Hall–Kier alpha value is -4.12. The maximum atomic E-state index is 13.3. The van der Waals surface area contributed by atoms with Crippen LogP contribution in [0, 0.1) is 11.3 Å². The Kier molecular flexibility index (Phi) is 4.88. The molecule has 0 bridgehead atoms. The summed E-state index contributed by atoms with van der Waals surface area (Å²) in [5, 5.41) is 3.34. The van der Waals surface area contributed by atoms with Gasteiger partial charge in [-0.3, -0.25) is 14.6 Å². The number of amides is 2. The number of nitrogens with zero attached hydrogens (tertiary/aromatic N) is 4. The Bertz CT molecular complexity index is 1480. The van der Waals surface area contributed by atoms with Crippen LogP contribution in [0.15, 0.2) is 49.1 Å². The van der Waals surface area contributed by atoms with Crippen LogP contribution < -0.4 is 5.32 Å². The molecule has 2 fully saturated rings. The highest BCUT2D eigenvalue weighted by Gasteiger charge is 2.65. The molecular formula is C24H20N6O4S. The van der Waals surface area contributed by atoms with Gasteiger partial charge in [0.15, 0.2) is 5.13 Å². The zero-order valence-electron chi connectivity index (χ0n) is 18.6. The first-order chi connectivity index (χ1) is 17.0. The molecule has 2 amide bonds. The van der Waals surface area contributed by atoms with Crippen molar-refractivity contribution in [2.75, 3.05) is 25.5 Å². The van der Waals surface area contributed by atoms with Crippen molar-refractivity contribution in [2.45, 2.75) is 6.42 Å². The van der Waals surface area contributed by atoms with Gasteiger partial charge >= 0.3 is 5.97 Å². The number of fused-ring (bicyclic) bond motifs is 2. The molecule has 4 heterocycles. The predicted molar refractivity (Wildman–Crippen MR) is 128 cm³/mol. The van der Waals surface area contributed by atoms with Crippen molar-refractivity contribution in [1.82, 2.24) is 24.8 Å². The molecule has 0 unspecified atom stereocenters. The third kappa shape index (κ3) is 3.46. The van der Waals surface area contributed by atoms with Gasteiger partial charge < -0.3 is 19.9 Å². The number of thiazole rings is 1. The van der Waals surface area contributed by atoms with Gasteiger partial charge in [-0.1, -0.05) is 17.4 Å². The van der Waals surface area contributed by atoms with Crippen LogP contribution in [0.4, 0.5) is 5.13 Å². The molecule has 176 valence electrons. The summed E-state index contributed by atoms with van der Waals surface area (Å²) in [4.78, 5) is 56.1. The number of hydrogen-bond acceptors (Lipinski definition) is 8. The van der Waals surface area contributed by atoms with Gasteiger partial charge in [0.05, 0.1) is 34.6 Å². The lowest BCUT2D eigenvalue weighted by Crippen LogP contribution is -2.36. The molecule has 35 heavy (non-hydrogen) atoms. The number of likely N-dealkylation sites (tertiary alicyclic amines) is 1. The van der Waals surface area contributed by atoms with Gasteiger partial charge in [-0.05, 0) is 36.6 Å². The SMILES string of the molecule is COC(=O)c1cccc2nc(NC(=O)[C@]34C[C@@H]3CN(C(=O)c3[nH]cnc3-c3cccnc3)C4)sc12. The van der Waals surface area contributed by atoms with Gasteiger partial charge in [-0.2, -0.15) is 0 Å². The van der Waals surface area contributed by atoms with Crippen molar-refractivity contribution < 1.29 is 19.1 Å². The Labute approximate surface area is 203 Å². The number of rotatable bonds is 5. The number of nitrogens with one attached hydrogen (secondary N) is 2. The van der Waals surface area contributed by atoms with Crippen LogP contribution in [0.25, 0.3) is 21.5 Å². The number of hydrogen-bond donors (Lipinski definition) is 2. The summed E-state index contributed by atoms with van der Waals surface area (Å²) in [7, 11) is 1.33. The van der Waals surface area contributed by atoms with Crippen molar-refractivity contribution in [1.29, 1.82) is 0 Å². The Morgan fingerprint density at radius 2 is 2.14 bits per heavy atom. The monoisotopic (exact) mass is 488 g/mol. The van der Waals surface area contributed by atoms with E-state index in [0.29, 0.717) is 45.4 Å². The zero-order chi connectivity index (χ0) is 24.2. The molecule has 2 atom stereocenters. The average molecular weight is 489 g/mol. The number of pyridine rings is 1. The van der Waals surface area contributed by atoms with Gasteiger partial charge in [-0.15, -0.1) is 0 Å². The highest BCUT2D eigenvalue weighted by Crippen LogP contribution is 2.58. The number of carbonyl (C=O) groups is 3. The second-order valence-corrected chi connectivity index (χ2v) is 9.73. The number of carbonyl (C=O) groups excluding carboxylic acids is 3. The fraction of sp³-hybridized carbons (Fsp3) is 0.250. The quantitative estimate of drug-likeness (QED) is 0.413. The van der Waals surface area contributed by atoms with E-state index in [1.807, 2.05) is 6.07 Å². The van der Waals surface area contributed by atoms with Crippen LogP contribution in [-0.2, 0) is 9.53 Å². The van der Waals surface area contributed by atoms with Gasteiger partial charge in [-0.25, -0.2) is 14.8 Å². The van der Waals surface area contributed by atoms with E-state index >= 15 is 0 Å². The van der Waals surface area contributed by atoms with Crippen molar-refractivity contribution in [2.24, 2.45) is 11.3 Å². The lowest BCUT2D eigenvalue weighted by atomic mass is 10.1. The lowest BCUT2D eigenvalue weighted by Gasteiger charge is -2.20. The van der Waals surface area contributed by atoms with Gasteiger partial charge in [0, 0.05) is 31.0 Å². The van der Waals surface area contributed by atoms with Crippen LogP contribution >= 0.6 is 11.3 Å².